The molecular weight excluding hydrogens is 228 g/mol. The van der Waals surface area contributed by atoms with Gasteiger partial charge in [0.1, 0.15) is 0 Å². The Balaban J connectivity index is 2.09. The van der Waals surface area contributed by atoms with Gasteiger partial charge in [0, 0.05) is 31.2 Å². The molecule has 0 aromatic heterocycles. The van der Waals surface area contributed by atoms with Gasteiger partial charge in [-0.2, -0.15) is 0 Å². The van der Waals surface area contributed by atoms with E-state index in [1.54, 1.807) is 13.2 Å². The first-order valence-electron chi connectivity index (χ1n) is 6.43. The number of phenolic OH excluding ortho intramolecular Hbond substituents is 1. The predicted molar refractivity (Wildman–Crippen MR) is 71.7 cm³/mol. The summed E-state index contributed by atoms with van der Waals surface area (Å²) in [5, 5.41) is 10.1. The lowest BCUT2D eigenvalue weighted by atomic mass is 9.96. The lowest BCUT2D eigenvalue weighted by molar-refractivity contribution is 0.157. The summed E-state index contributed by atoms with van der Waals surface area (Å²) in [7, 11) is 1.57. The molecule has 1 aromatic rings. The number of benzene rings is 1. The minimum atomic E-state index is 0.238. The molecule has 0 saturated carbocycles. The van der Waals surface area contributed by atoms with Gasteiger partial charge in [0.15, 0.2) is 11.5 Å². The fourth-order valence-electron chi connectivity index (χ4n) is 2.74. The molecule has 2 atom stereocenters. The average Bonchev–Trinajstić information content (AvgIpc) is 2.30. The normalized spacial score (nSPS) is 25.1. The highest BCUT2D eigenvalue weighted by atomic mass is 16.5. The molecule has 0 aliphatic carbocycles. The standard InChI is InChI=1S/C14H22N2O2/c1-10-6-12(15)9-16(7-10)8-11-4-3-5-13(18-2)14(11)17/h3-5,10,12,17H,6-9,15H2,1-2H3. The number of methoxy groups -OCH3 is 1. The molecule has 2 unspecified atom stereocenters. The summed E-state index contributed by atoms with van der Waals surface area (Å²) in [5.41, 5.74) is 6.93. The Bertz CT molecular complexity index is 399. The highest BCUT2D eigenvalue weighted by molar-refractivity contribution is 5.45. The van der Waals surface area contributed by atoms with Gasteiger partial charge in [-0.1, -0.05) is 19.1 Å². The molecule has 1 fully saturated rings. The van der Waals surface area contributed by atoms with E-state index < -0.39 is 0 Å². The van der Waals surface area contributed by atoms with Crippen LogP contribution in [0.1, 0.15) is 18.9 Å². The van der Waals surface area contributed by atoms with Crippen LogP contribution in [0.25, 0.3) is 0 Å². The van der Waals surface area contributed by atoms with E-state index in [2.05, 4.69) is 11.8 Å². The summed E-state index contributed by atoms with van der Waals surface area (Å²) in [6.07, 6.45) is 1.08. The number of nitrogens with zero attached hydrogens (tertiary/aromatic N) is 1. The van der Waals surface area contributed by atoms with Crippen molar-refractivity contribution in [1.82, 2.24) is 4.90 Å². The number of rotatable bonds is 3. The molecule has 0 bridgehead atoms. The number of phenols is 1. The zero-order valence-electron chi connectivity index (χ0n) is 11.1. The Morgan fingerprint density at radius 1 is 1.44 bits per heavy atom. The predicted octanol–water partition coefficient (Wildman–Crippen LogP) is 1.57. The van der Waals surface area contributed by atoms with Gasteiger partial charge in [0.2, 0.25) is 0 Å². The van der Waals surface area contributed by atoms with Crippen molar-refractivity contribution in [2.24, 2.45) is 11.7 Å². The van der Waals surface area contributed by atoms with Gasteiger partial charge < -0.3 is 15.6 Å². The maximum atomic E-state index is 10.1. The van der Waals surface area contributed by atoms with E-state index in [1.807, 2.05) is 12.1 Å². The average molecular weight is 250 g/mol. The number of piperidine rings is 1. The molecule has 4 heteroatoms. The summed E-state index contributed by atoms with van der Waals surface area (Å²) in [6.45, 7) is 4.86. The van der Waals surface area contributed by atoms with Crippen molar-refractivity contribution in [1.29, 1.82) is 0 Å². The van der Waals surface area contributed by atoms with Gasteiger partial charge in [-0.15, -0.1) is 0 Å². The molecule has 18 heavy (non-hydrogen) atoms. The number of para-hydroxylation sites is 1. The minimum absolute atomic E-state index is 0.238. The molecule has 4 nitrogen and oxygen atoms in total. The Hall–Kier alpha value is -1.26. The van der Waals surface area contributed by atoms with Crippen LogP contribution >= 0.6 is 0 Å². The Morgan fingerprint density at radius 2 is 2.22 bits per heavy atom. The molecule has 100 valence electrons. The van der Waals surface area contributed by atoms with Crippen LogP contribution in [0, 0.1) is 5.92 Å². The topological polar surface area (TPSA) is 58.7 Å². The first-order chi connectivity index (χ1) is 8.60. The number of ether oxygens (including phenoxy) is 1. The zero-order chi connectivity index (χ0) is 13.1. The second kappa shape index (κ2) is 5.59. The molecule has 0 amide bonds. The van der Waals surface area contributed by atoms with Gasteiger partial charge in [-0.25, -0.2) is 0 Å². The van der Waals surface area contributed by atoms with E-state index in [4.69, 9.17) is 10.5 Å². The van der Waals surface area contributed by atoms with Crippen molar-refractivity contribution in [2.75, 3.05) is 20.2 Å². The fraction of sp³-hybridized carbons (Fsp3) is 0.571. The Kier molecular flexibility index (Phi) is 4.09. The van der Waals surface area contributed by atoms with Crippen LogP contribution < -0.4 is 10.5 Å². The quantitative estimate of drug-likeness (QED) is 0.855. The molecular formula is C14H22N2O2. The molecule has 2 rings (SSSR count). The van der Waals surface area contributed by atoms with E-state index in [0.717, 1.165) is 31.6 Å². The van der Waals surface area contributed by atoms with Crippen LogP contribution in [0.5, 0.6) is 11.5 Å². The molecule has 1 aromatic carbocycles. The lowest BCUT2D eigenvalue weighted by Crippen LogP contribution is -2.45. The van der Waals surface area contributed by atoms with Gasteiger partial charge in [-0.3, -0.25) is 4.90 Å². The van der Waals surface area contributed by atoms with Gasteiger partial charge in [0.25, 0.3) is 0 Å². The summed E-state index contributed by atoms with van der Waals surface area (Å²) in [5.74, 6) is 1.38. The van der Waals surface area contributed by atoms with E-state index in [0.29, 0.717) is 11.7 Å². The molecule has 1 heterocycles. The number of nitrogens with two attached hydrogens (primary N) is 1. The SMILES string of the molecule is COc1cccc(CN2CC(C)CC(N)C2)c1O. The Morgan fingerprint density at radius 3 is 2.89 bits per heavy atom. The molecule has 1 aliphatic rings. The molecule has 0 spiro atoms. The number of aromatic hydroxyl groups is 1. The van der Waals surface area contributed by atoms with Gasteiger partial charge in [0.05, 0.1) is 7.11 Å². The third-order valence-electron chi connectivity index (χ3n) is 3.46. The summed E-state index contributed by atoms with van der Waals surface area (Å²) in [6, 6.07) is 5.84. The van der Waals surface area contributed by atoms with Crippen LogP contribution in [0.3, 0.4) is 0 Å². The second-order valence-corrected chi connectivity index (χ2v) is 5.26. The highest BCUT2D eigenvalue weighted by Crippen LogP contribution is 2.31. The van der Waals surface area contributed by atoms with Crippen LogP contribution in [0.2, 0.25) is 0 Å². The molecule has 0 radical (unpaired) electrons. The van der Waals surface area contributed by atoms with Crippen molar-refractivity contribution >= 4 is 0 Å². The van der Waals surface area contributed by atoms with Crippen molar-refractivity contribution in [3.8, 4) is 11.5 Å². The maximum absolute atomic E-state index is 10.1. The van der Waals surface area contributed by atoms with Crippen LogP contribution in [-0.2, 0) is 6.54 Å². The molecule has 1 aliphatic heterocycles. The third-order valence-corrected chi connectivity index (χ3v) is 3.46. The minimum Gasteiger partial charge on any atom is -0.504 e. The van der Waals surface area contributed by atoms with E-state index in [9.17, 15) is 5.11 Å². The number of hydrogen-bond acceptors (Lipinski definition) is 4. The first-order valence-corrected chi connectivity index (χ1v) is 6.43. The van der Waals surface area contributed by atoms with Crippen LogP contribution in [0.4, 0.5) is 0 Å². The second-order valence-electron chi connectivity index (χ2n) is 5.26. The van der Waals surface area contributed by atoms with Crippen molar-refractivity contribution in [2.45, 2.75) is 25.9 Å². The van der Waals surface area contributed by atoms with E-state index >= 15 is 0 Å². The van der Waals surface area contributed by atoms with Crippen molar-refractivity contribution in [3.63, 3.8) is 0 Å². The monoisotopic (exact) mass is 250 g/mol. The Labute approximate surface area is 108 Å². The number of likely N-dealkylation sites (tertiary alicyclic amines) is 1. The van der Waals surface area contributed by atoms with Gasteiger partial charge >= 0.3 is 0 Å². The smallest absolute Gasteiger partial charge is 0.162 e. The maximum Gasteiger partial charge on any atom is 0.162 e. The van der Waals surface area contributed by atoms with Crippen molar-refractivity contribution in [3.05, 3.63) is 23.8 Å². The van der Waals surface area contributed by atoms with E-state index in [-0.39, 0.29) is 11.8 Å². The fourth-order valence-corrected chi connectivity index (χ4v) is 2.74. The molecule has 3 N–H and O–H groups in total. The van der Waals surface area contributed by atoms with Crippen molar-refractivity contribution < 1.29 is 9.84 Å². The summed E-state index contributed by atoms with van der Waals surface area (Å²) < 4.78 is 5.12. The summed E-state index contributed by atoms with van der Waals surface area (Å²) >= 11 is 0. The largest absolute Gasteiger partial charge is 0.504 e. The first kappa shape index (κ1) is 13.2. The zero-order valence-corrected chi connectivity index (χ0v) is 11.1. The van der Waals surface area contributed by atoms with Crippen LogP contribution in [-0.4, -0.2) is 36.2 Å². The lowest BCUT2D eigenvalue weighted by Gasteiger charge is -2.34. The number of hydrogen-bond donors (Lipinski definition) is 2. The third kappa shape index (κ3) is 2.94. The summed E-state index contributed by atoms with van der Waals surface area (Å²) in [4.78, 5) is 2.30. The van der Waals surface area contributed by atoms with Crippen LogP contribution in [0.15, 0.2) is 18.2 Å². The van der Waals surface area contributed by atoms with Gasteiger partial charge in [-0.05, 0) is 18.4 Å². The van der Waals surface area contributed by atoms with E-state index in [1.165, 1.54) is 0 Å². The highest BCUT2D eigenvalue weighted by Gasteiger charge is 2.23. The molecule has 1 saturated heterocycles.